The maximum absolute atomic E-state index is 12.9. The van der Waals surface area contributed by atoms with Gasteiger partial charge in [0, 0.05) is 30.4 Å². The van der Waals surface area contributed by atoms with Crippen molar-refractivity contribution in [1.82, 2.24) is 25.3 Å². The van der Waals surface area contributed by atoms with E-state index in [4.69, 9.17) is 0 Å². The summed E-state index contributed by atoms with van der Waals surface area (Å²) >= 11 is 0. The highest BCUT2D eigenvalue weighted by Crippen LogP contribution is 2.29. The van der Waals surface area contributed by atoms with Crippen molar-refractivity contribution in [3.8, 4) is 11.4 Å². The van der Waals surface area contributed by atoms with Crippen LogP contribution in [-0.4, -0.2) is 51.1 Å². The number of carbonyl (C=O) groups excluding carboxylic acids is 2. The Kier molecular flexibility index (Phi) is 6.75. The van der Waals surface area contributed by atoms with Crippen molar-refractivity contribution in [3.05, 3.63) is 60.1 Å². The molecule has 2 aromatic heterocycles. The number of nitrogens with zero attached hydrogens (tertiary/aromatic N) is 4. The summed E-state index contributed by atoms with van der Waals surface area (Å²) in [5.41, 5.74) is 0.749. The van der Waals surface area contributed by atoms with E-state index in [1.54, 1.807) is 29.2 Å². The van der Waals surface area contributed by atoms with Crippen LogP contribution in [0, 0.1) is 0 Å². The van der Waals surface area contributed by atoms with Gasteiger partial charge in [-0.25, -0.2) is 9.78 Å². The van der Waals surface area contributed by atoms with Gasteiger partial charge in [0.2, 0.25) is 5.82 Å². The van der Waals surface area contributed by atoms with E-state index < -0.39 is 12.1 Å². The SMILES string of the molecule is O=C(NCC1CCCCN1C(=O)Nc1ccc(-c2noc(C(F)(F)F)n2)cn1)c1ccccc1. The van der Waals surface area contributed by atoms with Gasteiger partial charge in [-0.1, -0.05) is 23.4 Å². The minimum Gasteiger partial charge on any atom is -0.350 e. The fourth-order valence-corrected chi connectivity index (χ4v) is 3.62. The lowest BCUT2D eigenvalue weighted by Crippen LogP contribution is -2.50. The van der Waals surface area contributed by atoms with Crippen LogP contribution in [0.4, 0.5) is 23.8 Å². The van der Waals surface area contributed by atoms with Crippen molar-refractivity contribution in [2.75, 3.05) is 18.4 Å². The number of anilines is 1. The van der Waals surface area contributed by atoms with Crippen LogP contribution in [0.2, 0.25) is 0 Å². The van der Waals surface area contributed by atoms with E-state index in [2.05, 4.69) is 30.3 Å². The first kappa shape index (κ1) is 23.2. The maximum atomic E-state index is 12.9. The van der Waals surface area contributed by atoms with Crippen molar-refractivity contribution in [2.24, 2.45) is 0 Å². The summed E-state index contributed by atoms with van der Waals surface area (Å²) in [5, 5.41) is 8.87. The number of alkyl halides is 3. The lowest BCUT2D eigenvalue weighted by Gasteiger charge is -2.35. The topological polar surface area (TPSA) is 113 Å². The standard InChI is InChI=1S/C22H21F3N6O3/c23-22(24,25)20-29-18(30-34-20)15-9-10-17(26-12-15)28-21(33)31-11-5-4-8-16(31)13-27-19(32)14-6-2-1-3-7-14/h1-3,6-7,9-10,12,16H,4-5,8,11,13H2,(H,27,32)(H,26,28,33). The first-order valence-electron chi connectivity index (χ1n) is 10.6. The second-order valence-electron chi connectivity index (χ2n) is 7.70. The van der Waals surface area contributed by atoms with Crippen LogP contribution in [0.15, 0.2) is 53.2 Å². The first-order valence-corrected chi connectivity index (χ1v) is 10.6. The van der Waals surface area contributed by atoms with E-state index in [9.17, 15) is 22.8 Å². The van der Waals surface area contributed by atoms with E-state index in [1.807, 2.05) is 6.07 Å². The van der Waals surface area contributed by atoms with E-state index in [-0.39, 0.29) is 35.2 Å². The number of urea groups is 1. The maximum Gasteiger partial charge on any atom is 0.471 e. The van der Waals surface area contributed by atoms with Crippen LogP contribution in [0.5, 0.6) is 0 Å². The van der Waals surface area contributed by atoms with Crippen LogP contribution in [0.1, 0.15) is 35.5 Å². The second kappa shape index (κ2) is 9.89. The summed E-state index contributed by atoms with van der Waals surface area (Å²) in [7, 11) is 0. The molecule has 3 aromatic rings. The molecular formula is C22H21F3N6O3. The zero-order chi connectivity index (χ0) is 24.1. The predicted octanol–water partition coefficient (Wildman–Crippen LogP) is 3.97. The quantitative estimate of drug-likeness (QED) is 0.579. The summed E-state index contributed by atoms with van der Waals surface area (Å²) in [6.45, 7) is 0.839. The molecule has 0 bridgehead atoms. The van der Waals surface area contributed by atoms with Gasteiger partial charge < -0.3 is 14.7 Å². The number of pyridine rings is 1. The van der Waals surface area contributed by atoms with Gasteiger partial charge in [0.1, 0.15) is 5.82 Å². The number of aromatic nitrogens is 3. The monoisotopic (exact) mass is 474 g/mol. The highest BCUT2D eigenvalue weighted by molar-refractivity contribution is 5.94. The molecule has 1 aliphatic rings. The van der Waals surface area contributed by atoms with Crippen LogP contribution in [-0.2, 0) is 6.18 Å². The van der Waals surface area contributed by atoms with Crippen molar-refractivity contribution in [1.29, 1.82) is 0 Å². The predicted molar refractivity (Wildman–Crippen MR) is 115 cm³/mol. The number of piperidine rings is 1. The van der Waals surface area contributed by atoms with Gasteiger partial charge in [0.15, 0.2) is 0 Å². The number of amides is 3. The van der Waals surface area contributed by atoms with Crippen molar-refractivity contribution in [3.63, 3.8) is 0 Å². The summed E-state index contributed by atoms with van der Waals surface area (Å²) < 4.78 is 42.1. The molecular weight excluding hydrogens is 453 g/mol. The third kappa shape index (κ3) is 5.50. The van der Waals surface area contributed by atoms with Crippen LogP contribution >= 0.6 is 0 Å². The van der Waals surface area contributed by atoms with E-state index in [0.717, 1.165) is 19.3 Å². The molecule has 12 heteroatoms. The number of likely N-dealkylation sites (tertiary alicyclic amines) is 1. The molecule has 2 N–H and O–H groups in total. The highest BCUT2D eigenvalue weighted by Gasteiger charge is 2.38. The largest absolute Gasteiger partial charge is 0.471 e. The molecule has 3 amide bonds. The average Bonchev–Trinajstić information content (AvgIpc) is 3.35. The lowest BCUT2D eigenvalue weighted by molar-refractivity contribution is -0.159. The third-order valence-corrected chi connectivity index (χ3v) is 5.35. The number of hydrogen-bond donors (Lipinski definition) is 2. The smallest absolute Gasteiger partial charge is 0.350 e. The second-order valence-corrected chi connectivity index (χ2v) is 7.70. The molecule has 4 rings (SSSR count). The van der Waals surface area contributed by atoms with Gasteiger partial charge in [0.05, 0.1) is 6.04 Å². The van der Waals surface area contributed by atoms with E-state index in [1.165, 1.54) is 18.3 Å². The number of hydrogen-bond acceptors (Lipinski definition) is 6. The molecule has 1 unspecified atom stereocenters. The molecule has 0 aliphatic carbocycles. The first-order chi connectivity index (χ1) is 16.3. The van der Waals surface area contributed by atoms with Crippen molar-refractivity contribution >= 4 is 17.8 Å². The zero-order valence-electron chi connectivity index (χ0n) is 17.9. The fourth-order valence-electron chi connectivity index (χ4n) is 3.62. The zero-order valence-corrected chi connectivity index (χ0v) is 17.9. The molecule has 34 heavy (non-hydrogen) atoms. The molecule has 3 heterocycles. The number of rotatable bonds is 5. The Balaban J connectivity index is 1.36. The van der Waals surface area contributed by atoms with Gasteiger partial charge in [-0.2, -0.15) is 18.2 Å². The number of nitrogens with one attached hydrogen (secondary N) is 2. The summed E-state index contributed by atoms with van der Waals surface area (Å²) in [4.78, 5) is 34.2. The summed E-state index contributed by atoms with van der Waals surface area (Å²) in [5.74, 6) is -1.71. The molecule has 1 saturated heterocycles. The minimum absolute atomic E-state index is 0.180. The third-order valence-electron chi connectivity index (χ3n) is 5.35. The number of halogens is 3. The Bertz CT molecular complexity index is 1130. The lowest BCUT2D eigenvalue weighted by atomic mass is 10.0. The average molecular weight is 474 g/mol. The summed E-state index contributed by atoms with van der Waals surface area (Å²) in [6.07, 6.45) is -0.976. The molecule has 1 aliphatic heterocycles. The molecule has 1 fully saturated rings. The van der Waals surface area contributed by atoms with Crippen LogP contribution in [0.3, 0.4) is 0 Å². The van der Waals surface area contributed by atoms with Crippen molar-refractivity contribution < 1.29 is 27.3 Å². The van der Waals surface area contributed by atoms with Gasteiger partial charge >= 0.3 is 18.1 Å². The molecule has 1 aromatic carbocycles. The van der Waals surface area contributed by atoms with Gasteiger partial charge in [-0.3, -0.25) is 10.1 Å². The van der Waals surface area contributed by atoms with E-state index in [0.29, 0.717) is 18.7 Å². The Hall–Kier alpha value is -3.96. The Labute approximate surface area is 192 Å². The Morgan fingerprint density at radius 2 is 1.91 bits per heavy atom. The van der Waals surface area contributed by atoms with Gasteiger partial charge in [0.25, 0.3) is 5.91 Å². The van der Waals surface area contributed by atoms with Crippen LogP contribution < -0.4 is 10.6 Å². The molecule has 0 radical (unpaired) electrons. The molecule has 1 atom stereocenters. The Morgan fingerprint density at radius 3 is 2.59 bits per heavy atom. The van der Waals surface area contributed by atoms with Crippen LogP contribution in [0.25, 0.3) is 11.4 Å². The van der Waals surface area contributed by atoms with Crippen molar-refractivity contribution in [2.45, 2.75) is 31.5 Å². The molecule has 9 nitrogen and oxygen atoms in total. The minimum atomic E-state index is -4.74. The van der Waals surface area contributed by atoms with Gasteiger partial charge in [-0.05, 0) is 43.5 Å². The van der Waals surface area contributed by atoms with E-state index >= 15 is 0 Å². The molecule has 0 saturated carbocycles. The molecule has 0 spiro atoms. The van der Waals surface area contributed by atoms with Gasteiger partial charge in [-0.15, -0.1) is 0 Å². The number of benzene rings is 1. The summed E-state index contributed by atoms with van der Waals surface area (Å²) in [6, 6.07) is 11.1. The fraction of sp³-hybridized carbons (Fsp3) is 0.318. The highest BCUT2D eigenvalue weighted by atomic mass is 19.4. The Morgan fingerprint density at radius 1 is 1.12 bits per heavy atom. The normalized spacial score (nSPS) is 16.2. The number of carbonyl (C=O) groups is 2. The molecule has 178 valence electrons.